The van der Waals surface area contributed by atoms with Gasteiger partial charge in [-0.3, -0.25) is 4.79 Å². The Balaban J connectivity index is 3.84. The Morgan fingerprint density at radius 2 is 1.76 bits per heavy atom. The molecule has 1 atom stereocenters. The van der Waals surface area contributed by atoms with Gasteiger partial charge in [-0.05, 0) is 26.7 Å². The second-order valence-electron chi connectivity index (χ2n) is 4.55. The van der Waals surface area contributed by atoms with Gasteiger partial charge in [-0.2, -0.15) is 0 Å². The van der Waals surface area contributed by atoms with Gasteiger partial charge >= 0.3 is 0 Å². The van der Waals surface area contributed by atoms with Crippen molar-refractivity contribution in [3.8, 4) is 0 Å². The zero-order valence-corrected chi connectivity index (χ0v) is 12.1. The number of unbranched alkanes of at least 4 members (excludes halogenated alkanes) is 2. The number of carbonyl (C=O) groups is 1. The van der Waals surface area contributed by atoms with Crippen molar-refractivity contribution >= 4 is 5.91 Å². The number of likely N-dealkylation sites (N-methyl/N-ethyl adjacent to an activating group) is 1. The first kappa shape index (κ1) is 16.4. The number of amides is 1. The maximum Gasteiger partial charge on any atom is 0.236 e. The maximum atomic E-state index is 11.8. The molecule has 17 heavy (non-hydrogen) atoms. The molecule has 3 nitrogen and oxygen atoms in total. The first-order valence-corrected chi connectivity index (χ1v) is 7.20. The summed E-state index contributed by atoms with van der Waals surface area (Å²) in [5, 5.41) is 3.39. The van der Waals surface area contributed by atoms with E-state index in [0.717, 1.165) is 19.5 Å². The van der Waals surface area contributed by atoms with Gasteiger partial charge in [-0.25, -0.2) is 0 Å². The van der Waals surface area contributed by atoms with E-state index >= 15 is 0 Å². The van der Waals surface area contributed by atoms with Crippen LogP contribution in [-0.4, -0.2) is 36.5 Å². The van der Waals surface area contributed by atoms with Crippen molar-refractivity contribution in [2.24, 2.45) is 0 Å². The number of rotatable bonds is 10. The Kier molecular flexibility index (Phi) is 10.2. The summed E-state index contributed by atoms with van der Waals surface area (Å²) in [6, 6.07) is 0.501. The first-order chi connectivity index (χ1) is 8.19. The molecule has 0 bridgehead atoms. The fraction of sp³-hybridized carbons (Fsp3) is 0.929. The van der Waals surface area contributed by atoms with E-state index < -0.39 is 0 Å². The maximum absolute atomic E-state index is 11.8. The van der Waals surface area contributed by atoms with Crippen LogP contribution in [-0.2, 0) is 4.79 Å². The number of nitrogens with zero attached hydrogens (tertiary/aromatic N) is 1. The molecule has 0 saturated heterocycles. The Labute approximate surface area is 107 Å². The van der Waals surface area contributed by atoms with Crippen molar-refractivity contribution in [2.75, 3.05) is 19.6 Å². The Morgan fingerprint density at radius 3 is 2.24 bits per heavy atom. The number of hydrogen-bond donors (Lipinski definition) is 1. The zero-order valence-electron chi connectivity index (χ0n) is 12.1. The molecule has 1 amide bonds. The monoisotopic (exact) mass is 242 g/mol. The lowest BCUT2D eigenvalue weighted by Gasteiger charge is -2.21. The molecule has 0 aromatic rings. The molecule has 0 saturated carbocycles. The lowest BCUT2D eigenvalue weighted by Crippen LogP contribution is -2.41. The first-order valence-electron chi connectivity index (χ1n) is 7.20. The average Bonchev–Trinajstić information content (AvgIpc) is 2.35. The molecule has 0 fully saturated rings. The Hall–Kier alpha value is -0.570. The minimum Gasteiger partial charge on any atom is -0.342 e. The second kappa shape index (κ2) is 10.6. The highest BCUT2D eigenvalue weighted by atomic mass is 16.2. The largest absolute Gasteiger partial charge is 0.342 e. The normalized spacial score (nSPS) is 12.5. The molecule has 0 aliphatic carbocycles. The molecule has 0 aromatic heterocycles. The van der Waals surface area contributed by atoms with Crippen molar-refractivity contribution in [1.29, 1.82) is 0 Å². The highest BCUT2D eigenvalue weighted by molar-refractivity contribution is 5.78. The molecule has 3 heteroatoms. The number of nitrogens with one attached hydrogen (secondary N) is 1. The quantitative estimate of drug-likeness (QED) is 0.597. The molecule has 0 aliphatic rings. The van der Waals surface area contributed by atoms with E-state index in [4.69, 9.17) is 0 Å². The Morgan fingerprint density at radius 1 is 1.12 bits per heavy atom. The molecule has 1 N–H and O–H groups in total. The van der Waals surface area contributed by atoms with Gasteiger partial charge in [0.15, 0.2) is 0 Å². The number of carbonyl (C=O) groups excluding carboxylic acids is 1. The molecule has 0 aromatic carbocycles. The van der Waals surface area contributed by atoms with Crippen LogP contribution in [0.3, 0.4) is 0 Å². The lowest BCUT2D eigenvalue weighted by molar-refractivity contribution is -0.130. The summed E-state index contributed by atoms with van der Waals surface area (Å²) in [5.74, 6) is 0.226. The average molecular weight is 242 g/mol. The molecule has 0 aliphatic heterocycles. The molecule has 0 rings (SSSR count). The SMILES string of the molecule is CCCCCC(CC)NCC(=O)N(CC)CC. The second-order valence-corrected chi connectivity index (χ2v) is 4.55. The van der Waals surface area contributed by atoms with Crippen LogP contribution in [0.4, 0.5) is 0 Å². The smallest absolute Gasteiger partial charge is 0.236 e. The van der Waals surface area contributed by atoms with Gasteiger partial charge in [0.25, 0.3) is 0 Å². The van der Waals surface area contributed by atoms with Gasteiger partial charge in [0.1, 0.15) is 0 Å². The van der Waals surface area contributed by atoms with Gasteiger partial charge in [0.05, 0.1) is 6.54 Å². The van der Waals surface area contributed by atoms with Crippen LogP contribution in [0.2, 0.25) is 0 Å². The van der Waals surface area contributed by atoms with E-state index in [0.29, 0.717) is 12.6 Å². The summed E-state index contributed by atoms with van der Waals surface area (Å²) in [4.78, 5) is 13.7. The van der Waals surface area contributed by atoms with E-state index in [9.17, 15) is 4.79 Å². The van der Waals surface area contributed by atoms with Crippen molar-refractivity contribution in [2.45, 2.75) is 65.8 Å². The van der Waals surface area contributed by atoms with Crippen molar-refractivity contribution in [3.63, 3.8) is 0 Å². The van der Waals surface area contributed by atoms with Crippen LogP contribution in [0.5, 0.6) is 0 Å². The molecule has 0 radical (unpaired) electrons. The molecular formula is C14H30N2O. The van der Waals surface area contributed by atoms with E-state index in [2.05, 4.69) is 19.2 Å². The van der Waals surface area contributed by atoms with Crippen LogP contribution in [0.1, 0.15) is 59.8 Å². The molecule has 0 spiro atoms. The predicted molar refractivity (Wildman–Crippen MR) is 74.2 cm³/mol. The standard InChI is InChI=1S/C14H30N2O/c1-5-9-10-11-13(6-2)15-12-14(17)16(7-3)8-4/h13,15H,5-12H2,1-4H3. The van der Waals surface area contributed by atoms with Crippen LogP contribution >= 0.6 is 0 Å². The summed E-state index contributed by atoms with van der Waals surface area (Å²) >= 11 is 0. The molecule has 1 unspecified atom stereocenters. The third kappa shape index (κ3) is 7.37. The highest BCUT2D eigenvalue weighted by Gasteiger charge is 2.11. The van der Waals surface area contributed by atoms with Gasteiger partial charge in [0, 0.05) is 19.1 Å². The summed E-state index contributed by atoms with van der Waals surface area (Å²) in [6.07, 6.45) is 6.11. The highest BCUT2D eigenvalue weighted by Crippen LogP contribution is 2.06. The topological polar surface area (TPSA) is 32.3 Å². The van der Waals surface area contributed by atoms with Crippen molar-refractivity contribution in [1.82, 2.24) is 10.2 Å². The van der Waals surface area contributed by atoms with Gasteiger partial charge in [-0.15, -0.1) is 0 Å². The predicted octanol–water partition coefficient (Wildman–Crippen LogP) is 2.80. The van der Waals surface area contributed by atoms with Crippen molar-refractivity contribution < 1.29 is 4.79 Å². The summed E-state index contributed by atoms with van der Waals surface area (Å²) in [5.41, 5.74) is 0. The van der Waals surface area contributed by atoms with E-state index in [-0.39, 0.29) is 5.91 Å². The third-order valence-corrected chi connectivity index (χ3v) is 3.31. The van der Waals surface area contributed by atoms with E-state index in [1.807, 2.05) is 18.7 Å². The van der Waals surface area contributed by atoms with E-state index in [1.54, 1.807) is 0 Å². The summed E-state index contributed by atoms with van der Waals surface area (Å²) in [6.45, 7) is 10.6. The Bertz CT molecular complexity index is 191. The van der Waals surface area contributed by atoms with Gasteiger partial charge in [-0.1, -0.05) is 33.1 Å². The number of hydrogen-bond acceptors (Lipinski definition) is 2. The molecule has 0 heterocycles. The fourth-order valence-electron chi connectivity index (χ4n) is 2.01. The van der Waals surface area contributed by atoms with Crippen LogP contribution in [0.15, 0.2) is 0 Å². The fourth-order valence-corrected chi connectivity index (χ4v) is 2.01. The summed E-state index contributed by atoms with van der Waals surface area (Å²) in [7, 11) is 0. The third-order valence-electron chi connectivity index (χ3n) is 3.31. The van der Waals surface area contributed by atoms with E-state index in [1.165, 1.54) is 25.7 Å². The van der Waals surface area contributed by atoms with Gasteiger partial charge < -0.3 is 10.2 Å². The van der Waals surface area contributed by atoms with Crippen molar-refractivity contribution in [3.05, 3.63) is 0 Å². The van der Waals surface area contributed by atoms with Crippen LogP contribution in [0, 0.1) is 0 Å². The van der Waals surface area contributed by atoms with Gasteiger partial charge in [0.2, 0.25) is 5.91 Å². The summed E-state index contributed by atoms with van der Waals surface area (Å²) < 4.78 is 0. The molecule has 102 valence electrons. The van der Waals surface area contributed by atoms with Crippen LogP contribution in [0.25, 0.3) is 0 Å². The zero-order chi connectivity index (χ0) is 13.1. The minimum absolute atomic E-state index is 0.226. The lowest BCUT2D eigenvalue weighted by atomic mass is 10.1. The molecular weight excluding hydrogens is 212 g/mol. The van der Waals surface area contributed by atoms with Crippen LogP contribution < -0.4 is 5.32 Å². The minimum atomic E-state index is 0.226.